The zero-order valence-corrected chi connectivity index (χ0v) is 14.1. The van der Waals surface area contributed by atoms with Crippen LogP contribution in [0.4, 0.5) is 14.5 Å². The number of sulfonamides is 1. The molecule has 0 atom stereocenters. The lowest BCUT2D eigenvalue weighted by Gasteiger charge is -2.15. The number of halogens is 2. The van der Waals surface area contributed by atoms with Crippen molar-refractivity contribution in [2.24, 2.45) is 0 Å². The summed E-state index contributed by atoms with van der Waals surface area (Å²) in [6, 6.07) is 5.68. The normalized spacial score (nSPS) is 13.6. The van der Waals surface area contributed by atoms with Crippen molar-refractivity contribution < 1.29 is 26.7 Å². The molecule has 1 aliphatic rings. The minimum atomic E-state index is -3.60. The predicted molar refractivity (Wildman–Crippen MR) is 88.6 cm³/mol. The Bertz CT molecular complexity index is 957. The van der Waals surface area contributed by atoms with E-state index in [0.29, 0.717) is 30.0 Å². The highest BCUT2D eigenvalue weighted by atomic mass is 32.2. The van der Waals surface area contributed by atoms with Crippen molar-refractivity contribution in [2.45, 2.75) is 19.8 Å². The average molecular weight is 367 g/mol. The smallest absolute Gasteiger partial charge is 0.232 e. The fraction of sp³-hybridized carbons (Fsp3) is 0.235. The third kappa shape index (κ3) is 3.63. The second-order valence-corrected chi connectivity index (χ2v) is 7.62. The van der Waals surface area contributed by atoms with Crippen molar-refractivity contribution in [1.82, 2.24) is 0 Å². The molecule has 0 aromatic heterocycles. The molecule has 2 aromatic carbocycles. The molecule has 0 spiro atoms. The van der Waals surface area contributed by atoms with Crippen LogP contribution >= 0.6 is 0 Å². The van der Waals surface area contributed by atoms with E-state index in [1.54, 1.807) is 0 Å². The monoisotopic (exact) mass is 367 g/mol. The molecule has 0 amide bonds. The number of ketones is 1. The van der Waals surface area contributed by atoms with Gasteiger partial charge in [0, 0.05) is 18.1 Å². The minimum absolute atomic E-state index is 0.0171. The Morgan fingerprint density at radius 3 is 2.56 bits per heavy atom. The molecule has 2 aromatic rings. The Balaban J connectivity index is 2.06. The van der Waals surface area contributed by atoms with Gasteiger partial charge in [0.15, 0.2) is 23.1 Å². The van der Waals surface area contributed by atoms with Crippen molar-refractivity contribution >= 4 is 21.5 Å². The molecule has 5 nitrogen and oxygen atoms in total. The molecule has 0 heterocycles. The fourth-order valence-corrected chi connectivity index (χ4v) is 3.19. The van der Waals surface area contributed by atoms with Crippen molar-refractivity contribution in [3.8, 4) is 11.5 Å². The van der Waals surface area contributed by atoms with Gasteiger partial charge in [-0.15, -0.1) is 0 Å². The number of anilines is 1. The topological polar surface area (TPSA) is 72.5 Å². The largest absolute Gasteiger partial charge is 0.452 e. The number of hydrogen-bond donors (Lipinski definition) is 1. The van der Waals surface area contributed by atoms with E-state index in [9.17, 15) is 22.0 Å². The number of Topliss-reactive ketones (excluding diaryl/α,β-unsaturated/α-hetero) is 1. The first-order chi connectivity index (χ1) is 11.8. The molecule has 1 N–H and O–H groups in total. The predicted octanol–water partition coefficient (Wildman–Crippen LogP) is 3.65. The molecule has 0 aliphatic heterocycles. The van der Waals surface area contributed by atoms with Crippen LogP contribution in [0.5, 0.6) is 11.5 Å². The number of nitrogens with one attached hydrogen (secondary N) is 1. The number of hydrogen-bond acceptors (Lipinski definition) is 4. The van der Waals surface area contributed by atoms with Crippen LogP contribution in [0.3, 0.4) is 0 Å². The van der Waals surface area contributed by atoms with Gasteiger partial charge in [-0.25, -0.2) is 17.2 Å². The van der Waals surface area contributed by atoms with Crippen LogP contribution in [0.25, 0.3) is 0 Å². The second-order valence-electron chi connectivity index (χ2n) is 5.61. The quantitative estimate of drug-likeness (QED) is 0.876. The summed E-state index contributed by atoms with van der Waals surface area (Å²) in [7, 11) is -3.60. The third-order valence-corrected chi connectivity index (χ3v) is 5.18. The first-order valence-electron chi connectivity index (χ1n) is 7.62. The molecule has 3 rings (SSSR count). The maximum Gasteiger partial charge on any atom is 0.232 e. The summed E-state index contributed by atoms with van der Waals surface area (Å²) in [5, 5.41) is 0. The van der Waals surface area contributed by atoms with Gasteiger partial charge in [-0.3, -0.25) is 9.52 Å². The van der Waals surface area contributed by atoms with Gasteiger partial charge < -0.3 is 4.74 Å². The molecule has 132 valence electrons. The van der Waals surface area contributed by atoms with Gasteiger partial charge in [0.1, 0.15) is 5.82 Å². The van der Waals surface area contributed by atoms with Gasteiger partial charge in [-0.05, 0) is 43.2 Å². The Kier molecular flexibility index (Phi) is 4.47. The molecule has 0 bridgehead atoms. The van der Waals surface area contributed by atoms with Crippen molar-refractivity contribution in [3.63, 3.8) is 0 Å². The molecule has 0 radical (unpaired) electrons. The average Bonchev–Trinajstić information content (AvgIpc) is 2.90. The lowest BCUT2D eigenvalue weighted by molar-refractivity contribution is 0.0994. The van der Waals surface area contributed by atoms with Crippen LogP contribution in [-0.4, -0.2) is 20.0 Å². The molecule has 0 fully saturated rings. The number of fused-ring (bicyclic) bond motifs is 1. The van der Waals surface area contributed by atoms with Gasteiger partial charge in [-0.1, -0.05) is 0 Å². The lowest BCUT2D eigenvalue weighted by Crippen LogP contribution is -2.15. The number of aryl methyl sites for hydroxylation is 1. The number of carbonyl (C=O) groups excluding carboxylic acids is 1. The highest BCUT2D eigenvalue weighted by Crippen LogP contribution is 2.37. The first kappa shape index (κ1) is 17.3. The maximum absolute atomic E-state index is 13.9. The van der Waals surface area contributed by atoms with Crippen LogP contribution < -0.4 is 9.46 Å². The van der Waals surface area contributed by atoms with E-state index in [0.717, 1.165) is 12.1 Å². The van der Waals surface area contributed by atoms with E-state index in [1.165, 1.54) is 19.1 Å². The van der Waals surface area contributed by atoms with Crippen LogP contribution in [0.15, 0.2) is 30.3 Å². The van der Waals surface area contributed by atoms with Crippen molar-refractivity contribution in [3.05, 3.63) is 53.1 Å². The summed E-state index contributed by atoms with van der Waals surface area (Å²) < 4.78 is 58.5. The molecule has 0 saturated carbocycles. The number of rotatable bonds is 5. The Morgan fingerprint density at radius 2 is 1.88 bits per heavy atom. The summed E-state index contributed by atoms with van der Waals surface area (Å²) >= 11 is 0. The molecule has 0 unspecified atom stereocenters. The Hall–Kier alpha value is -2.48. The highest BCUT2D eigenvalue weighted by molar-refractivity contribution is 7.92. The number of ether oxygens (including phenoxy) is 1. The van der Waals surface area contributed by atoms with Gasteiger partial charge in [-0.2, -0.15) is 0 Å². The van der Waals surface area contributed by atoms with E-state index in [-0.39, 0.29) is 28.7 Å². The number of benzene rings is 2. The van der Waals surface area contributed by atoms with Gasteiger partial charge in [0.25, 0.3) is 0 Å². The summed E-state index contributed by atoms with van der Waals surface area (Å²) in [5.41, 5.74) is 1.22. The van der Waals surface area contributed by atoms with Gasteiger partial charge in [0.2, 0.25) is 10.0 Å². The van der Waals surface area contributed by atoms with Gasteiger partial charge in [0.05, 0.1) is 11.4 Å². The summed E-state index contributed by atoms with van der Waals surface area (Å²) in [5.74, 6) is -2.24. The van der Waals surface area contributed by atoms with E-state index in [1.807, 2.05) is 0 Å². The molecule has 8 heteroatoms. The molecule has 0 saturated heterocycles. The highest BCUT2D eigenvalue weighted by Gasteiger charge is 2.24. The van der Waals surface area contributed by atoms with Crippen molar-refractivity contribution in [2.75, 3.05) is 10.5 Å². The minimum Gasteiger partial charge on any atom is -0.452 e. The lowest BCUT2D eigenvalue weighted by atomic mass is 10.1. The molecular weight excluding hydrogens is 352 g/mol. The van der Waals surface area contributed by atoms with E-state index < -0.39 is 21.7 Å². The van der Waals surface area contributed by atoms with Crippen LogP contribution in [0.1, 0.15) is 29.3 Å². The molecular formula is C17H15F2NO4S. The second kappa shape index (κ2) is 6.44. The fourth-order valence-electron chi connectivity index (χ4n) is 2.55. The summed E-state index contributed by atoms with van der Waals surface area (Å²) in [4.78, 5) is 11.9. The van der Waals surface area contributed by atoms with E-state index in [4.69, 9.17) is 4.74 Å². The van der Waals surface area contributed by atoms with Gasteiger partial charge >= 0.3 is 0 Å². The Labute approximate surface area is 143 Å². The maximum atomic E-state index is 13.9. The van der Waals surface area contributed by atoms with Crippen LogP contribution in [-0.2, 0) is 16.4 Å². The van der Waals surface area contributed by atoms with Crippen LogP contribution in [0, 0.1) is 11.6 Å². The molecule has 1 aliphatic carbocycles. The third-order valence-electron chi connectivity index (χ3n) is 3.89. The van der Waals surface area contributed by atoms with E-state index >= 15 is 0 Å². The zero-order chi connectivity index (χ0) is 18.2. The number of carbonyl (C=O) groups is 1. The first-order valence-corrected chi connectivity index (χ1v) is 9.28. The molecule has 25 heavy (non-hydrogen) atoms. The zero-order valence-electron chi connectivity index (χ0n) is 13.3. The van der Waals surface area contributed by atoms with Crippen molar-refractivity contribution in [1.29, 1.82) is 0 Å². The standard InChI is InChI=1S/C17H15F2NO4S/c1-2-25(22,23)20-14-7-10-3-5-15(21)12(10)9-17(14)24-16-6-4-11(18)8-13(16)19/h4,6-9,20H,2-3,5H2,1H3. The summed E-state index contributed by atoms with van der Waals surface area (Å²) in [6.07, 6.45) is 0.823. The van der Waals surface area contributed by atoms with Crippen LogP contribution in [0.2, 0.25) is 0 Å². The Morgan fingerprint density at radius 1 is 1.12 bits per heavy atom. The van der Waals surface area contributed by atoms with E-state index in [2.05, 4.69) is 4.72 Å². The SMILES string of the molecule is CCS(=O)(=O)Nc1cc2c(cc1Oc1ccc(F)cc1F)C(=O)CC2. The summed E-state index contributed by atoms with van der Waals surface area (Å²) in [6.45, 7) is 1.47.